The molecule has 0 aliphatic heterocycles. The van der Waals surface area contributed by atoms with Gasteiger partial charge in [0, 0.05) is 30.1 Å². The highest BCUT2D eigenvalue weighted by atomic mass is 19.1. The average molecular weight is 246 g/mol. The lowest BCUT2D eigenvalue weighted by Gasteiger charge is -2.14. The van der Waals surface area contributed by atoms with Gasteiger partial charge in [0.15, 0.2) is 0 Å². The smallest absolute Gasteiger partial charge is 0.127 e. The molecule has 0 aliphatic carbocycles. The first-order valence-electron chi connectivity index (χ1n) is 5.73. The van der Waals surface area contributed by atoms with Gasteiger partial charge in [0.25, 0.3) is 0 Å². The van der Waals surface area contributed by atoms with E-state index in [1.807, 2.05) is 19.1 Å². The molecule has 0 spiro atoms. The van der Waals surface area contributed by atoms with E-state index in [1.165, 1.54) is 12.1 Å². The molecular formula is C14H15FN2O. The fourth-order valence-electron chi connectivity index (χ4n) is 1.65. The van der Waals surface area contributed by atoms with Gasteiger partial charge >= 0.3 is 0 Å². The maximum Gasteiger partial charge on any atom is 0.127 e. The quantitative estimate of drug-likeness (QED) is 0.902. The van der Waals surface area contributed by atoms with Crippen molar-refractivity contribution in [3.8, 4) is 5.75 Å². The Bertz CT molecular complexity index is 514. The van der Waals surface area contributed by atoms with Gasteiger partial charge in [0.1, 0.15) is 18.2 Å². The van der Waals surface area contributed by atoms with E-state index < -0.39 is 0 Å². The number of ether oxygens (including phenoxy) is 1. The average Bonchev–Trinajstić information content (AvgIpc) is 2.37. The molecule has 94 valence electrons. The molecule has 0 fully saturated rings. The van der Waals surface area contributed by atoms with Crippen molar-refractivity contribution >= 4 is 0 Å². The summed E-state index contributed by atoms with van der Waals surface area (Å²) in [6.07, 6.45) is 3.38. The first-order valence-corrected chi connectivity index (χ1v) is 5.73. The number of nitrogens with zero attached hydrogens (tertiary/aromatic N) is 1. The van der Waals surface area contributed by atoms with Gasteiger partial charge < -0.3 is 10.5 Å². The van der Waals surface area contributed by atoms with E-state index >= 15 is 0 Å². The van der Waals surface area contributed by atoms with Crippen molar-refractivity contribution in [2.24, 2.45) is 5.73 Å². The van der Waals surface area contributed by atoms with Crippen LogP contribution in [0, 0.1) is 5.82 Å². The zero-order chi connectivity index (χ0) is 13.0. The number of pyridine rings is 1. The summed E-state index contributed by atoms with van der Waals surface area (Å²) in [5, 5.41) is 0. The molecule has 18 heavy (non-hydrogen) atoms. The molecule has 1 atom stereocenters. The number of halogens is 1. The second-order valence-electron chi connectivity index (χ2n) is 4.11. The third-order valence-corrected chi connectivity index (χ3v) is 2.61. The van der Waals surface area contributed by atoms with Crippen molar-refractivity contribution in [3.63, 3.8) is 0 Å². The topological polar surface area (TPSA) is 48.1 Å². The van der Waals surface area contributed by atoms with E-state index in [9.17, 15) is 4.39 Å². The summed E-state index contributed by atoms with van der Waals surface area (Å²) < 4.78 is 18.8. The third-order valence-electron chi connectivity index (χ3n) is 2.61. The van der Waals surface area contributed by atoms with Crippen LogP contribution < -0.4 is 10.5 Å². The Kier molecular flexibility index (Phi) is 3.89. The first-order chi connectivity index (χ1) is 8.66. The van der Waals surface area contributed by atoms with Gasteiger partial charge in [-0.05, 0) is 30.7 Å². The molecule has 0 unspecified atom stereocenters. The number of aromatic nitrogens is 1. The summed E-state index contributed by atoms with van der Waals surface area (Å²) >= 11 is 0. The van der Waals surface area contributed by atoms with Gasteiger partial charge in [-0.3, -0.25) is 4.98 Å². The fourth-order valence-corrected chi connectivity index (χ4v) is 1.65. The second-order valence-corrected chi connectivity index (χ2v) is 4.11. The second kappa shape index (κ2) is 5.60. The minimum atomic E-state index is -0.330. The fraction of sp³-hybridized carbons (Fsp3) is 0.214. The summed E-state index contributed by atoms with van der Waals surface area (Å²) in [5.41, 5.74) is 7.59. The van der Waals surface area contributed by atoms with E-state index in [0.717, 1.165) is 11.1 Å². The Labute approximate surface area is 105 Å². The maximum absolute atomic E-state index is 13.2. The van der Waals surface area contributed by atoms with Crippen molar-refractivity contribution in [3.05, 3.63) is 59.7 Å². The predicted octanol–water partition coefficient (Wildman–Crippen LogP) is 2.82. The van der Waals surface area contributed by atoms with Crippen LogP contribution in [0.2, 0.25) is 0 Å². The molecule has 2 N–H and O–H groups in total. The van der Waals surface area contributed by atoms with Crippen molar-refractivity contribution in [2.75, 3.05) is 0 Å². The summed E-state index contributed by atoms with van der Waals surface area (Å²) in [6.45, 7) is 2.21. The van der Waals surface area contributed by atoms with E-state index in [-0.39, 0.29) is 11.9 Å². The maximum atomic E-state index is 13.2. The van der Waals surface area contributed by atoms with E-state index in [4.69, 9.17) is 10.5 Å². The number of hydrogen-bond donors (Lipinski definition) is 1. The van der Waals surface area contributed by atoms with Crippen LogP contribution in [0.15, 0.2) is 42.7 Å². The van der Waals surface area contributed by atoms with E-state index in [2.05, 4.69) is 4.98 Å². The Balaban J connectivity index is 2.15. The Morgan fingerprint density at radius 3 is 2.67 bits per heavy atom. The number of hydrogen-bond acceptors (Lipinski definition) is 3. The lowest BCUT2D eigenvalue weighted by Crippen LogP contribution is -2.08. The van der Waals surface area contributed by atoms with Crippen molar-refractivity contribution in [1.82, 2.24) is 4.98 Å². The zero-order valence-electron chi connectivity index (χ0n) is 10.1. The molecular weight excluding hydrogens is 231 g/mol. The minimum absolute atomic E-state index is 0.196. The van der Waals surface area contributed by atoms with Crippen LogP contribution in [0.4, 0.5) is 4.39 Å². The number of nitrogens with two attached hydrogens (primary N) is 1. The molecule has 1 heterocycles. The Morgan fingerprint density at radius 2 is 2.00 bits per heavy atom. The molecule has 3 nitrogen and oxygen atoms in total. The Hall–Kier alpha value is -1.94. The minimum Gasteiger partial charge on any atom is -0.488 e. The van der Waals surface area contributed by atoms with Crippen LogP contribution >= 0.6 is 0 Å². The van der Waals surface area contributed by atoms with E-state index in [0.29, 0.717) is 12.4 Å². The molecule has 1 aromatic heterocycles. The highest BCUT2D eigenvalue weighted by Gasteiger charge is 2.09. The van der Waals surface area contributed by atoms with Gasteiger partial charge in [0.2, 0.25) is 0 Å². The molecule has 0 aliphatic rings. The third kappa shape index (κ3) is 3.05. The highest BCUT2D eigenvalue weighted by Crippen LogP contribution is 2.25. The van der Waals surface area contributed by atoms with Gasteiger partial charge in [-0.15, -0.1) is 0 Å². The zero-order valence-corrected chi connectivity index (χ0v) is 10.1. The Morgan fingerprint density at radius 1 is 1.28 bits per heavy atom. The van der Waals surface area contributed by atoms with Gasteiger partial charge in [-0.1, -0.05) is 6.07 Å². The van der Waals surface area contributed by atoms with Gasteiger partial charge in [-0.2, -0.15) is 0 Å². The highest BCUT2D eigenvalue weighted by molar-refractivity contribution is 5.36. The summed E-state index contributed by atoms with van der Waals surface area (Å²) in [7, 11) is 0. The van der Waals surface area contributed by atoms with Crippen LogP contribution in [0.1, 0.15) is 24.1 Å². The van der Waals surface area contributed by atoms with Crippen LogP contribution in [0.3, 0.4) is 0 Å². The molecule has 0 radical (unpaired) electrons. The summed E-state index contributed by atoms with van der Waals surface area (Å²) in [6, 6.07) is 7.91. The van der Waals surface area contributed by atoms with Crippen molar-refractivity contribution in [1.29, 1.82) is 0 Å². The van der Waals surface area contributed by atoms with Crippen LogP contribution in [0.25, 0.3) is 0 Å². The van der Waals surface area contributed by atoms with Crippen molar-refractivity contribution < 1.29 is 9.13 Å². The van der Waals surface area contributed by atoms with Crippen molar-refractivity contribution in [2.45, 2.75) is 19.6 Å². The van der Waals surface area contributed by atoms with Crippen LogP contribution in [0.5, 0.6) is 5.75 Å². The SMILES string of the molecule is C[C@H](N)c1ccc(F)cc1OCc1ccncc1. The van der Waals surface area contributed by atoms with Crippen LogP contribution in [-0.4, -0.2) is 4.98 Å². The van der Waals surface area contributed by atoms with Gasteiger partial charge in [-0.25, -0.2) is 4.39 Å². The molecule has 4 heteroatoms. The largest absolute Gasteiger partial charge is 0.488 e. The van der Waals surface area contributed by atoms with Gasteiger partial charge in [0.05, 0.1) is 0 Å². The number of rotatable bonds is 4. The molecule has 0 saturated heterocycles. The van der Waals surface area contributed by atoms with Crippen LogP contribution in [-0.2, 0) is 6.61 Å². The summed E-state index contributed by atoms with van der Waals surface area (Å²) in [5.74, 6) is 0.158. The first kappa shape index (κ1) is 12.5. The summed E-state index contributed by atoms with van der Waals surface area (Å²) in [4.78, 5) is 3.92. The number of benzene rings is 1. The molecule has 1 aromatic carbocycles. The lowest BCUT2D eigenvalue weighted by atomic mass is 10.1. The monoisotopic (exact) mass is 246 g/mol. The molecule has 2 aromatic rings. The standard InChI is InChI=1S/C14H15FN2O/c1-10(16)13-3-2-12(15)8-14(13)18-9-11-4-6-17-7-5-11/h2-8,10H,9,16H2,1H3/t10-/m0/s1. The lowest BCUT2D eigenvalue weighted by molar-refractivity contribution is 0.299. The molecule has 0 bridgehead atoms. The van der Waals surface area contributed by atoms with E-state index in [1.54, 1.807) is 18.5 Å². The molecule has 0 amide bonds. The molecule has 2 rings (SSSR count). The normalized spacial score (nSPS) is 12.2. The predicted molar refractivity (Wildman–Crippen MR) is 67.6 cm³/mol. The molecule has 0 saturated carbocycles.